The predicted molar refractivity (Wildman–Crippen MR) is 118 cm³/mol. The van der Waals surface area contributed by atoms with Crippen LogP contribution in [-0.4, -0.2) is 0 Å². The first-order chi connectivity index (χ1) is 13.0. The summed E-state index contributed by atoms with van der Waals surface area (Å²) in [5, 5.41) is 0. The molecule has 0 aliphatic heterocycles. The highest BCUT2D eigenvalue weighted by atomic mass is 127. The van der Waals surface area contributed by atoms with Crippen LogP contribution in [0.2, 0.25) is 0 Å². The lowest BCUT2D eigenvalue weighted by Crippen LogP contribution is -2.24. The van der Waals surface area contributed by atoms with E-state index in [9.17, 15) is 8.78 Å². The van der Waals surface area contributed by atoms with E-state index in [4.69, 9.17) is 0 Å². The molecule has 0 heterocycles. The highest BCUT2D eigenvalue weighted by molar-refractivity contribution is 14.1. The Kier molecular flexibility index (Phi) is 5.81. The third kappa shape index (κ3) is 4.35. The van der Waals surface area contributed by atoms with Crippen LogP contribution in [-0.2, 0) is 10.5 Å². The van der Waals surface area contributed by atoms with E-state index in [1.165, 1.54) is 39.0 Å². The van der Waals surface area contributed by atoms with Gasteiger partial charge < -0.3 is 0 Å². The minimum Gasteiger partial charge on any atom is -0.207 e. The summed E-state index contributed by atoms with van der Waals surface area (Å²) in [5.74, 6) is -0.448. The Morgan fingerprint density at radius 1 is 0.778 bits per heavy atom. The van der Waals surface area contributed by atoms with Gasteiger partial charge in [0, 0.05) is 13.4 Å². The number of aryl methyl sites for hydroxylation is 1. The van der Waals surface area contributed by atoms with Crippen LogP contribution < -0.4 is 0 Å². The molecule has 0 saturated carbocycles. The highest BCUT2D eigenvalue weighted by Crippen LogP contribution is 2.58. The van der Waals surface area contributed by atoms with Gasteiger partial charge in [0.1, 0.15) is 11.6 Å². The molecule has 27 heavy (non-hydrogen) atoms. The van der Waals surface area contributed by atoms with E-state index < -0.39 is 0 Å². The molecule has 5 heteroatoms. The third-order valence-electron chi connectivity index (χ3n) is 4.62. The first-order valence-electron chi connectivity index (χ1n) is 8.72. The van der Waals surface area contributed by atoms with Crippen molar-refractivity contribution >= 4 is 46.1 Å². The average molecular weight is 510 g/mol. The number of hydrogen-bond acceptors (Lipinski definition) is 2. The average Bonchev–Trinajstić information content (AvgIpc) is 2.66. The lowest BCUT2D eigenvalue weighted by atomic mass is 9.91. The maximum Gasteiger partial charge on any atom is 0.123 e. The van der Waals surface area contributed by atoms with Crippen LogP contribution in [0.4, 0.5) is 8.78 Å². The summed E-state index contributed by atoms with van der Waals surface area (Å²) >= 11 is 5.89. The Bertz CT molecular complexity index is 892. The van der Waals surface area contributed by atoms with Gasteiger partial charge in [0.05, 0.1) is 4.08 Å². The van der Waals surface area contributed by atoms with Crippen LogP contribution in [0.1, 0.15) is 24.0 Å². The van der Waals surface area contributed by atoms with Crippen molar-refractivity contribution in [1.29, 1.82) is 0 Å². The molecule has 3 aromatic rings. The van der Waals surface area contributed by atoms with Gasteiger partial charge in [-0.2, -0.15) is 0 Å². The van der Waals surface area contributed by atoms with Gasteiger partial charge in [0.25, 0.3) is 0 Å². The van der Waals surface area contributed by atoms with Crippen molar-refractivity contribution in [3.63, 3.8) is 0 Å². The van der Waals surface area contributed by atoms with E-state index in [-0.39, 0.29) is 15.7 Å². The molecule has 0 nitrogen and oxygen atoms in total. The van der Waals surface area contributed by atoms with Crippen LogP contribution in [0.5, 0.6) is 0 Å². The van der Waals surface area contributed by atoms with E-state index in [1.807, 2.05) is 24.3 Å². The fraction of sp³-hybridized carbons (Fsp3) is 0.182. The molecule has 1 aliphatic rings. The third-order valence-corrected chi connectivity index (χ3v) is 8.32. The fourth-order valence-corrected chi connectivity index (χ4v) is 7.12. The van der Waals surface area contributed by atoms with Crippen molar-refractivity contribution in [3.05, 3.63) is 93.1 Å². The Morgan fingerprint density at radius 2 is 1.33 bits per heavy atom. The Labute approximate surface area is 180 Å². The van der Waals surface area contributed by atoms with E-state index in [0.29, 0.717) is 0 Å². The molecule has 138 valence electrons. The zero-order valence-electron chi connectivity index (χ0n) is 14.4. The van der Waals surface area contributed by atoms with Gasteiger partial charge in [-0.1, -0.05) is 6.07 Å². The number of thioether (sulfide) groups is 2. The van der Waals surface area contributed by atoms with E-state index in [0.717, 1.165) is 29.1 Å². The highest BCUT2D eigenvalue weighted by Gasteiger charge is 2.39. The fourth-order valence-electron chi connectivity index (χ4n) is 3.41. The molecule has 0 fully saturated rings. The predicted octanol–water partition coefficient (Wildman–Crippen LogP) is 7.64. The molecule has 1 aliphatic carbocycles. The summed E-state index contributed by atoms with van der Waals surface area (Å²) in [4.78, 5) is 2.08. The smallest absolute Gasteiger partial charge is 0.123 e. The van der Waals surface area contributed by atoms with Crippen LogP contribution in [0.3, 0.4) is 0 Å². The Hall–Kier alpha value is -1.05. The molecule has 0 atom stereocenters. The maximum atomic E-state index is 13.4. The summed E-state index contributed by atoms with van der Waals surface area (Å²) in [5.41, 5.74) is 2.69. The van der Waals surface area contributed by atoms with E-state index in [1.54, 1.807) is 23.5 Å². The van der Waals surface area contributed by atoms with Crippen molar-refractivity contribution in [2.24, 2.45) is 0 Å². The van der Waals surface area contributed by atoms with Crippen molar-refractivity contribution < 1.29 is 8.78 Å². The number of fused-ring (bicyclic) bond motifs is 1. The monoisotopic (exact) mass is 510 g/mol. The van der Waals surface area contributed by atoms with E-state index >= 15 is 0 Å². The van der Waals surface area contributed by atoms with Gasteiger partial charge in [-0.3, -0.25) is 0 Å². The first kappa shape index (κ1) is 19.3. The lowest BCUT2D eigenvalue weighted by Gasteiger charge is -2.38. The molecule has 0 radical (unpaired) electrons. The number of benzene rings is 3. The summed E-state index contributed by atoms with van der Waals surface area (Å²) in [7, 11) is 0. The molecular formula is C22H17F2IS2. The van der Waals surface area contributed by atoms with Gasteiger partial charge >= 0.3 is 0 Å². The number of rotatable bonds is 4. The summed E-state index contributed by atoms with van der Waals surface area (Å²) in [6, 6.07) is 20.0. The van der Waals surface area contributed by atoms with Gasteiger partial charge in [-0.15, -0.1) is 23.5 Å². The molecule has 0 aromatic heterocycles. The number of hydrogen-bond donors (Lipinski definition) is 0. The van der Waals surface area contributed by atoms with Crippen molar-refractivity contribution in [2.45, 2.75) is 33.1 Å². The molecule has 0 bridgehead atoms. The van der Waals surface area contributed by atoms with Crippen molar-refractivity contribution in [2.75, 3.05) is 0 Å². The molecular weight excluding hydrogens is 493 g/mol. The van der Waals surface area contributed by atoms with Gasteiger partial charge in [0.15, 0.2) is 0 Å². The topological polar surface area (TPSA) is 0 Å². The molecule has 3 aromatic carbocycles. The summed E-state index contributed by atoms with van der Waals surface area (Å²) in [6.45, 7) is 0. The minimum atomic E-state index is -0.224. The molecule has 0 amide bonds. The second-order valence-corrected chi connectivity index (χ2v) is 10.8. The number of halogens is 3. The molecule has 4 rings (SSSR count). The second kappa shape index (κ2) is 8.13. The van der Waals surface area contributed by atoms with Crippen LogP contribution in [0, 0.1) is 15.2 Å². The molecule has 0 saturated heterocycles. The zero-order valence-corrected chi connectivity index (χ0v) is 18.2. The molecule has 0 spiro atoms. The quantitative estimate of drug-likeness (QED) is 0.261. The van der Waals surface area contributed by atoms with Crippen LogP contribution in [0.25, 0.3) is 0 Å². The Balaban J connectivity index is 1.78. The largest absolute Gasteiger partial charge is 0.207 e. The normalized spacial score (nSPS) is 15.4. The van der Waals surface area contributed by atoms with Crippen LogP contribution in [0.15, 0.2) is 76.5 Å². The van der Waals surface area contributed by atoms with Crippen molar-refractivity contribution in [3.8, 4) is 0 Å². The zero-order chi connectivity index (χ0) is 18.9. The van der Waals surface area contributed by atoms with Gasteiger partial charge in [-0.25, -0.2) is 8.78 Å². The first-order valence-corrected chi connectivity index (χ1v) is 11.4. The van der Waals surface area contributed by atoms with Gasteiger partial charge in [-0.05, 0) is 114 Å². The van der Waals surface area contributed by atoms with Gasteiger partial charge in [0.2, 0.25) is 0 Å². The Morgan fingerprint density at radius 3 is 1.89 bits per heavy atom. The van der Waals surface area contributed by atoms with E-state index in [2.05, 4.69) is 40.8 Å². The SMILES string of the molecule is Fc1ccc(SC2(Sc3ccc(F)cc3)CCCc3cc(I)ccc32)cc1. The molecule has 0 unspecified atom stereocenters. The summed E-state index contributed by atoms with van der Waals surface area (Å²) < 4.78 is 27.8. The second-order valence-electron chi connectivity index (χ2n) is 6.52. The molecule has 0 N–H and O–H groups in total. The van der Waals surface area contributed by atoms with Crippen LogP contribution >= 0.6 is 46.1 Å². The van der Waals surface area contributed by atoms with Crippen molar-refractivity contribution in [1.82, 2.24) is 0 Å². The summed E-state index contributed by atoms with van der Waals surface area (Å²) in [6.07, 6.45) is 3.17. The standard InChI is InChI=1S/C22H17F2IS2/c23-16-3-8-19(9-4-16)26-22(27-20-10-5-17(24)6-11-20)13-1-2-15-14-18(25)7-12-21(15)22/h3-12,14H,1-2,13H2. The minimum absolute atomic E-state index is 0.215. The lowest BCUT2D eigenvalue weighted by molar-refractivity contribution is 0.625. The maximum absolute atomic E-state index is 13.4.